The molecule has 2 aliphatic rings. The SMILES string of the molecule is NCCN.NCCNC(=O)c1ccc(C(=O)NCCN)cc1.O=C(Cl)c1ccc(C(=O)Cl)cc1.c1cc(C2=NCCN2)ccc1C1=NCCC1. The van der Waals surface area contributed by atoms with Gasteiger partial charge in [0.05, 0.1) is 6.54 Å². The molecular weight excluding hydrogens is 681 g/mol. The van der Waals surface area contributed by atoms with Crippen molar-refractivity contribution >= 4 is 57.0 Å². The number of amidine groups is 1. The molecule has 15 heteroatoms. The highest BCUT2D eigenvalue weighted by Gasteiger charge is 2.11. The van der Waals surface area contributed by atoms with Crippen molar-refractivity contribution < 1.29 is 19.2 Å². The summed E-state index contributed by atoms with van der Waals surface area (Å²) in [5.74, 6) is 0.628. The second-order valence-corrected chi connectivity index (χ2v) is 11.2. The van der Waals surface area contributed by atoms with Gasteiger partial charge in [0.15, 0.2) is 0 Å². The molecule has 0 fully saturated rings. The van der Waals surface area contributed by atoms with Crippen molar-refractivity contribution in [3.05, 3.63) is 106 Å². The number of hydrogen-bond acceptors (Lipinski definition) is 11. The fraction of sp³-hybridized carbons (Fsp3) is 0.314. The molecule has 0 saturated carbocycles. The predicted octanol–water partition coefficient (Wildman–Crippen LogP) is 2.03. The van der Waals surface area contributed by atoms with Gasteiger partial charge in [0, 0.05) is 85.9 Å². The van der Waals surface area contributed by atoms with Crippen LogP contribution in [-0.4, -0.2) is 92.7 Å². The number of rotatable bonds is 11. The van der Waals surface area contributed by atoms with Crippen molar-refractivity contribution in [2.45, 2.75) is 12.8 Å². The number of benzene rings is 3. The molecular formula is C35H45Cl2N9O4. The summed E-state index contributed by atoms with van der Waals surface area (Å²) in [7, 11) is 0. The summed E-state index contributed by atoms with van der Waals surface area (Å²) in [6.45, 7) is 5.69. The van der Waals surface area contributed by atoms with E-state index in [1.807, 2.05) is 0 Å². The summed E-state index contributed by atoms with van der Waals surface area (Å²) in [5.41, 5.74) is 25.8. The minimum atomic E-state index is -0.552. The summed E-state index contributed by atoms with van der Waals surface area (Å²) in [4.78, 5) is 53.2. The number of nitrogens with two attached hydrogens (primary N) is 4. The third kappa shape index (κ3) is 14.9. The van der Waals surface area contributed by atoms with Crippen molar-refractivity contribution in [1.82, 2.24) is 16.0 Å². The van der Waals surface area contributed by atoms with Gasteiger partial charge in [-0.15, -0.1) is 0 Å². The van der Waals surface area contributed by atoms with Gasteiger partial charge in [-0.25, -0.2) is 0 Å². The van der Waals surface area contributed by atoms with E-state index in [2.05, 4.69) is 50.2 Å². The van der Waals surface area contributed by atoms with Gasteiger partial charge in [-0.3, -0.25) is 29.2 Å². The number of carbonyl (C=O) groups is 4. The van der Waals surface area contributed by atoms with Crippen LogP contribution in [0, 0.1) is 0 Å². The molecule has 3 aromatic rings. The molecule has 0 radical (unpaired) electrons. The van der Waals surface area contributed by atoms with Crippen molar-refractivity contribution in [1.29, 1.82) is 0 Å². The highest BCUT2D eigenvalue weighted by molar-refractivity contribution is 6.68. The molecule has 2 amide bonds. The third-order valence-corrected chi connectivity index (χ3v) is 7.25. The molecule has 11 N–H and O–H groups in total. The molecule has 0 spiro atoms. The monoisotopic (exact) mass is 725 g/mol. The average molecular weight is 727 g/mol. The average Bonchev–Trinajstić information content (AvgIpc) is 3.90. The summed E-state index contributed by atoms with van der Waals surface area (Å²) in [5, 5.41) is 7.48. The van der Waals surface area contributed by atoms with Gasteiger partial charge in [0.2, 0.25) is 0 Å². The van der Waals surface area contributed by atoms with Gasteiger partial charge in [0.25, 0.3) is 22.3 Å². The molecule has 0 unspecified atom stereocenters. The quantitative estimate of drug-likeness (QED) is 0.143. The molecule has 50 heavy (non-hydrogen) atoms. The number of amides is 2. The zero-order chi connectivity index (χ0) is 36.7. The van der Waals surface area contributed by atoms with Gasteiger partial charge >= 0.3 is 0 Å². The van der Waals surface area contributed by atoms with Crippen LogP contribution < -0.4 is 38.9 Å². The molecule has 2 aliphatic heterocycles. The Balaban J connectivity index is 0.000000250. The number of nitrogens with one attached hydrogen (secondary N) is 3. The van der Waals surface area contributed by atoms with E-state index in [4.69, 9.17) is 46.1 Å². The van der Waals surface area contributed by atoms with Gasteiger partial charge < -0.3 is 38.9 Å². The number of carbonyl (C=O) groups excluding carboxylic acids is 4. The Morgan fingerprint density at radius 1 is 0.600 bits per heavy atom. The molecule has 13 nitrogen and oxygen atoms in total. The van der Waals surface area contributed by atoms with E-state index in [9.17, 15) is 19.2 Å². The molecule has 0 aromatic heterocycles. The van der Waals surface area contributed by atoms with Crippen LogP contribution >= 0.6 is 23.2 Å². The molecule has 5 rings (SSSR count). The fourth-order valence-corrected chi connectivity index (χ4v) is 4.52. The van der Waals surface area contributed by atoms with E-state index in [0.29, 0.717) is 61.5 Å². The lowest BCUT2D eigenvalue weighted by molar-refractivity contribution is 0.0943. The second kappa shape index (κ2) is 23.8. The molecule has 0 atom stereocenters. The van der Waals surface area contributed by atoms with Gasteiger partial charge in [-0.1, -0.05) is 24.3 Å². The van der Waals surface area contributed by atoms with Crippen LogP contribution in [0.5, 0.6) is 0 Å². The van der Waals surface area contributed by atoms with Crippen LogP contribution in [0.3, 0.4) is 0 Å². The maximum Gasteiger partial charge on any atom is 0.252 e. The van der Waals surface area contributed by atoms with Gasteiger partial charge in [-0.05, 0) is 90.1 Å². The number of nitrogens with zero attached hydrogens (tertiary/aromatic N) is 2. The largest absolute Gasteiger partial charge is 0.368 e. The maximum atomic E-state index is 11.6. The van der Waals surface area contributed by atoms with Crippen LogP contribution in [0.1, 0.15) is 65.4 Å². The van der Waals surface area contributed by atoms with E-state index >= 15 is 0 Å². The lowest BCUT2D eigenvalue weighted by Gasteiger charge is -2.05. The van der Waals surface area contributed by atoms with Gasteiger partial charge in [0.1, 0.15) is 5.84 Å². The van der Waals surface area contributed by atoms with E-state index in [-0.39, 0.29) is 11.8 Å². The Labute approximate surface area is 302 Å². The van der Waals surface area contributed by atoms with Crippen molar-refractivity contribution in [3.8, 4) is 0 Å². The van der Waals surface area contributed by atoms with Crippen molar-refractivity contribution in [2.75, 3.05) is 58.9 Å². The number of halogens is 2. The van der Waals surface area contributed by atoms with Crippen molar-refractivity contribution in [2.24, 2.45) is 32.9 Å². The Hall–Kier alpha value is -4.50. The second-order valence-electron chi connectivity index (χ2n) is 10.5. The molecule has 2 heterocycles. The van der Waals surface area contributed by atoms with E-state index in [1.54, 1.807) is 24.3 Å². The minimum Gasteiger partial charge on any atom is -0.368 e. The van der Waals surface area contributed by atoms with Crippen LogP contribution in [0.25, 0.3) is 0 Å². The summed E-state index contributed by atoms with van der Waals surface area (Å²) in [6.07, 6.45) is 2.32. The lowest BCUT2D eigenvalue weighted by atomic mass is 10.1. The first kappa shape index (κ1) is 41.7. The Morgan fingerprint density at radius 2 is 1.04 bits per heavy atom. The lowest BCUT2D eigenvalue weighted by Crippen LogP contribution is -2.30. The first-order valence-electron chi connectivity index (χ1n) is 16.0. The first-order chi connectivity index (χ1) is 24.1. The first-order valence-corrected chi connectivity index (χ1v) is 16.8. The molecule has 3 aromatic carbocycles. The standard InChI is InChI=1S/C13H15N3.C12H18N4O2.C8H4Cl2O2.C2H8N2/c1-2-12(14-7-1)10-3-5-11(6-4-10)13-15-8-9-16-13;13-5-7-15-11(17)9-1-2-10(4-3-9)12(18)16-8-6-14;9-7(11)5-1-2-6(4-3-5)8(10)12;3-1-2-4/h3-6H,1-2,7-9H2,(H,15,16);1-4H,5-8,13-14H2,(H,15,17)(H,16,18);1-4H;1-4H2. The predicted molar refractivity (Wildman–Crippen MR) is 201 cm³/mol. The van der Waals surface area contributed by atoms with Crippen molar-refractivity contribution in [3.63, 3.8) is 0 Å². The highest BCUT2D eigenvalue weighted by Crippen LogP contribution is 2.14. The molecule has 0 bridgehead atoms. The van der Waals surface area contributed by atoms with Crippen LogP contribution in [0.4, 0.5) is 0 Å². The topological polar surface area (TPSA) is 233 Å². The fourth-order valence-electron chi connectivity index (χ4n) is 4.27. The number of aliphatic imine (C=N–C) groups is 2. The molecule has 0 aliphatic carbocycles. The summed E-state index contributed by atoms with van der Waals surface area (Å²) >= 11 is 10.4. The normalized spacial score (nSPS) is 12.6. The molecule has 0 saturated heterocycles. The molecule has 268 valence electrons. The Morgan fingerprint density at radius 3 is 1.38 bits per heavy atom. The zero-order valence-electron chi connectivity index (χ0n) is 27.8. The van der Waals surface area contributed by atoms with E-state index in [0.717, 1.165) is 31.9 Å². The summed E-state index contributed by atoms with van der Waals surface area (Å²) < 4.78 is 0. The van der Waals surface area contributed by atoms with Crippen LogP contribution in [0.2, 0.25) is 0 Å². The third-order valence-electron chi connectivity index (χ3n) is 6.81. The minimum absolute atomic E-state index is 0.200. The van der Waals surface area contributed by atoms with E-state index in [1.165, 1.54) is 47.5 Å². The van der Waals surface area contributed by atoms with E-state index < -0.39 is 10.5 Å². The van der Waals surface area contributed by atoms with Crippen LogP contribution in [0.15, 0.2) is 82.8 Å². The Bertz CT molecular complexity index is 1460. The summed E-state index contributed by atoms with van der Waals surface area (Å²) in [6, 6.07) is 20.8. The Kier molecular flexibility index (Phi) is 19.8. The zero-order valence-corrected chi connectivity index (χ0v) is 29.3. The highest BCUT2D eigenvalue weighted by atomic mass is 35.5. The smallest absolute Gasteiger partial charge is 0.252 e. The van der Waals surface area contributed by atoms with Gasteiger partial charge in [-0.2, -0.15) is 0 Å². The maximum absolute atomic E-state index is 11.6. The number of hydrogen-bond donors (Lipinski definition) is 7. The van der Waals surface area contributed by atoms with Crippen LogP contribution in [-0.2, 0) is 0 Å².